The number of thiazole rings is 1. The molecule has 0 aliphatic heterocycles. The number of thiophene rings is 1. The van der Waals surface area contributed by atoms with Crippen LogP contribution >= 0.6 is 22.7 Å². The Bertz CT molecular complexity index is 641. The lowest BCUT2D eigenvalue weighted by Crippen LogP contribution is -2.27. The number of fused-ring (bicyclic) bond motifs is 1. The molecule has 0 unspecified atom stereocenters. The van der Waals surface area contributed by atoms with Gasteiger partial charge in [-0.3, -0.25) is 9.20 Å². The van der Waals surface area contributed by atoms with Gasteiger partial charge in [-0.15, -0.1) is 22.7 Å². The first-order valence-corrected chi connectivity index (χ1v) is 7.77. The molecule has 0 radical (unpaired) electrons. The van der Waals surface area contributed by atoms with Crippen LogP contribution in [0, 0.1) is 0 Å². The topological polar surface area (TPSA) is 46.4 Å². The van der Waals surface area contributed by atoms with Crippen LogP contribution in [0.15, 0.2) is 35.3 Å². The highest BCUT2D eigenvalue weighted by Crippen LogP contribution is 2.11. The number of imidazole rings is 1. The van der Waals surface area contributed by atoms with Gasteiger partial charge in [0.1, 0.15) is 0 Å². The predicted octanol–water partition coefficient (Wildman–Crippen LogP) is 2.36. The second kappa shape index (κ2) is 5.54. The van der Waals surface area contributed by atoms with Crippen LogP contribution in [0.25, 0.3) is 4.96 Å². The second-order valence-corrected chi connectivity index (χ2v) is 6.09. The summed E-state index contributed by atoms with van der Waals surface area (Å²) in [6.07, 6.45) is 5.09. The maximum absolute atomic E-state index is 11.8. The van der Waals surface area contributed by atoms with E-state index >= 15 is 0 Å². The molecule has 3 aromatic rings. The van der Waals surface area contributed by atoms with E-state index in [2.05, 4.69) is 21.7 Å². The maximum Gasteiger partial charge on any atom is 0.226 e. The van der Waals surface area contributed by atoms with Gasteiger partial charge in [-0.05, 0) is 17.9 Å². The molecule has 19 heavy (non-hydrogen) atoms. The van der Waals surface area contributed by atoms with E-state index in [0.29, 0.717) is 13.0 Å². The molecule has 3 heterocycles. The van der Waals surface area contributed by atoms with Crippen LogP contribution in [0.1, 0.15) is 10.6 Å². The molecule has 3 aromatic heterocycles. The number of aromatic nitrogens is 2. The van der Waals surface area contributed by atoms with Crippen molar-refractivity contribution in [3.05, 3.63) is 45.9 Å². The largest absolute Gasteiger partial charge is 0.355 e. The minimum atomic E-state index is 0.0299. The average Bonchev–Trinajstić information content (AvgIpc) is 3.04. The van der Waals surface area contributed by atoms with E-state index in [4.69, 9.17) is 0 Å². The van der Waals surface area contributed by atoms with Gasteiger partial charge in [0.15, 0.2) is 4.96 Å². The lowest BCUT2D eigenvalue weighted by Gasteiger charge is -2.02. The Labute approximate surface area is 118 Å². The first-order valence-electron chi connectivity index (χ1n) is 6.01. The Morgan fingerprint density at radius 2 is 2.32 bits per heavy atom. The molecule has 0 aromatic carbocycles. The molecule has 1 amide bonds. The minimum Gasteiger partial charge on any atom is -0.355 e. The van der Waals surface area contributed by atoms with Crippen LogP contribution in [0.3, 0.4) is 0 Å². The predicted molar refractivity (Wildman–Crippen MR) is 77.8 cm³/mol. The first-order chi connectivity index (χ1) is 9.31. The zero-order valence-corrected chi connectivity index (χ0v) is 11.8. The van der Waals surface area contributed by atoms with E-state index in [0.717, 1.165) is 17.1 Å². The van der Waals surface area contributed by atoms with Crippen LogP contribution in [0.2, 0.25) is 0 Å². The fraction of sp³-hybridized carbons (Fsp3) is 0.231. The third kappa shape index (κ3) is 3.02. The van der Waals surface area contributed by atoms with Crippen LogP contribution in [0.5, 0.6) is 0 Å². The van der Waals surface area contributed by atoms with E-state index in [-0.39, 0.29) is 5.91 Å². The zero-order valence-electron chi connectivity index (χ0n) is 10.2. The number of hydrogen-bond acceptors (Lipinski definition) is 4. The lowest BCUT2D eigenvalue weighted by molar-refractivity contribution is -0.120. The number of amides is 1. The van der Waals surface area contributed by atoms with Crippen molar-refractivity contribution in [2.24, 2.45) is 0 Å². The molecule has 0 aliphatic rings. The maximum atomic E-state index is 11.8. The van der Waals surface area contributed by atoms with Gasteiger partial charge >= 0.3 is 0 Å². The van der Waals surface area contributed by atoms with Gasteiger partial charge in [-0.1, -0.05) is 6.07 Å². The number of hydrogen-bond donors (Lipinski definition) is 1. The summed E-state index contributed by atoms with van der Waals surface area (Å²) in [4.78, 5) is 18.4. The molecule has 1 N–H and O–H groups in total. The van der Waals surface area contributed by atoms with Crippen LogP contribution in [0.4, 0.5) is 0 Å². The summed E-state index contributed by atoms with van der Waals surface area (Å²) in [5, 5.41) is 6.96. The third-order valence-electron chi connectivity index (χ3n) is 2.76. The van der Waals surface area contributed by atoms with Gasteiger partial charge in [0.25, 0.3) is 0 Å². The van der Waals surface area contributed by atoms with E-state index < -0.39 is 0 Å². The quantitative estimate of drug-likeness (QED) is 0.784. The summed E-state index contributed by atoms with van der Waals surface area (Å²) in [6.45, 7) is 0.682. The zero-order chi connectivity index (χ0) is 13.1. The van der Waals surface area contributed by atoms with Gasteiger partial charge in [0.2, 0.25) is 5.91 Å². The van der Waals surface area contributed by atoms with Crippen molar-refractivity contribution in [2.45, 2.75) is 12.8 Å². The first kappa shape index (κ1) is 12.4. The summed E-state index contributed by atoms with van der Waals surface area (Å²) in [5.41, 5.74) is 0.820. The van der Waals surface area contributed by atoms with E-state index in [1.165, 1.54) is 4.88 Å². The Morgan fingerprint density at radius 1 is 1.37 bits per heavy atom. The standard InChI is InChI=1S/C13H13N3OS2/c17-12(14-4-3-11-2-1-6-18-11)8-10-9-16-5-7-19-13(16)15-10/h1-2,5-7,9H,3-4,8H2,(H,14,17). The number of carbonyl (C=O) groups excluding carboxylic acids is 1. The molecule has 0 aliphatic carbocycles. The van der Waals surface area contributed by atoms with Gasteiger partial charge in [0.05, 0.1) is 12.1 Å². The van der Waals surface area contributed by atoms with Crippen molar-refractivity contribution in [3.8, 4) is 0 Å². The molecule has 0 bridgehead atoms. The Hall–Kier alpha value is -1.66. The van der Waals surface area contributed by atoms with Crippen LogP contribution < -0.4 is 5.32 Å². The normalized spacial score (nSPS) is 10.9. The summed E-state index contributed by atoms with van der Waals surface area (Å²) < 4.78 is 1.94. The van der Waals surface area contributed by atoms with Crippen molar-refractivity contribution in [3.63, 3.8) is 0 Å². The Kier molecular flexibility index (Phi) is 3.61. The summed E-state index contributed by atoms with van der Waals surface area (Å²) in [7, 11) is 0. The SMILES string of the molecule is O=C(Cc1cn2ccsc2n1)NCCc1cccs1. The third-order valence-corrected chi connectivity index (χ3v) is 4.47. The smallest absolute Gasteiger partial charge is 0.226 e. The fourth-order valence-corrected chi connectivity index (χ4v) is 3.30. The van der Waals surface area contributed by atoms with Crippen molar-refractivity contribution >= 4 is 33.5 Å². The molecule has 0 saturated carbocycles. The van der Waals surface area contributed by atoms with Crippen molar-refractivity contribution < 1.29 is 4.79 Å². The van der Waals surface area contributed by atoms with Crippen LogP contribution in [-0.4, -0.2) is 21.8 Å². The lowest BCUT2D eigenvalue weighted by atomic mass is 10.3. The number of rotatable bonds is 5. The van der Waals surface area contributed by atoms with Crippen molar-refractivity contribution in [2.75, 3.05) is 6.54 Å². The fourth-order valence-electron chi connectivity index (χ4n) is 1.87. The molecular weight excluding hydrogens is 278 g/mol. The Balaban J connectivity index is 1.49. The van der Waals surface area contributed by atoms with Crippen molar-refractivity contribution in [1.82, 2.24) is 14.7 Å². The summed E-state index contributed by atoms with van der Waals surface area (Å²) in [6, 6.07) is 4.11. The minimum absolute atomic E-state index is 0.0299. The Morgan fingerprint density at radius 3 is 3.11 bits per heavy atom. The molecule has 6 heteroatoms. The highest BCUT2D eigenvalue weighted by atomic mass is 32.1. The summed E-state index contributed by atoms with van der Waals surface area (Å²) >= 11 is 3.29. The van der Waals surface area contributed by atoms with Gasteiger partial charge in [-0.2, -0.15) is 0 Å². The number of nitrogens with one attached hydrogen (secondary N) is 1. The summed E-state index contributed by atoms with van der Waals surface area (Å²) in [5.74, 6) is 0.0299. The molecule has 4 nitrogen and oxygen atoms in total. The average molecular weight is 291 g/mol. The molecule has 3 rings (SSSR count). The molecular formula is C13H13N3OS2. The second-order valence-electron chi connectivity index (χ2n) is 4.18. The highest BCUT2D eigenvalue weighted by molar-refractivity contribution is 7.15. The van der Waals surface area contributed by atoms with E-state index in [1.807, 2.05) is 28.2 Å². The van der Waals surface area contributed by atoms with Gasteiger partial charge in [-0.25, -0.2) is 4.98 Å². The molecule has 98 valence electrons. The van der Waals surface area contributed by atoms with Crippen LogP contribution in [-0.2, 0) is 17.6 Å². The monoisotopic (exact) mass is 291 g/mol. The highest BCUT2D eigenvalue weighted by Gasteiger charge is 2.07. The number of nitrogens with zero attached hydrogens (tertiary/aromatic N) is 2. The van der Waals surface area contributed by atoms with Gasteiger partial charge < -0.3 is 5.32 Å². The van der Waals surface area contributed by atoms with E-state index in [9.17, 15) is 4.79 Å². The number of carbonyl (C=O) groups is 1. The van der Waals surface area contributed by atoms with Crippen molar-refractivity contribution in [1.29, 1.82) is 0 Å². The molecule has 0 fully saturated rings. The molecule has 0 saturated heterocycles. The van der Waals surface area contributed by atoms with E-state index in [1.54, 1.807) is 22.7 Å². The molecule has 0 spiro atoms. The van der Waals surface area contributed by atoms with Gasteiger partial charge in [0, 0.05) is 29.2 Å². The molecule has 0 atom stereocenters.